The van der Waals surface area contributed by atoms with E-state index in [1.165, 1.54) is 0 Å². The molecule has 6 heteroatoms. The van der Waals surface area contributed by atoms with Crippen molar-refractivity contribution in [3.63, 3.8) is 0 Å². The molecule has 0 unspecified atom stereocenters. The molecule has 0 saturated carbocycles. The Morgan fingerprint density at radius 1 is 1.04 bits per heavy atom. The van der Waals surface area contributed by atoms with E-state index < -0.39 is 0 Å². The number of para-hydroxylation sites is 1. The Morgan fingerprint density at radius 3 is 2.48 bits per heavy atom. The minimum Gasteiger partial charge on any atom is -0.492 e. The molecule has 0 atom stereocenters. The van der Waals surface area contributed by atoms with Gasteiger partial charge in [-0.1, -0.05) is 24.3 Å². The predicted octanol–water partition coefficient (Wildman–Crippen LogP) is 4.23. The van der Waals surface area contributed by atoms with Crippen LogP contribution in [-0.2, 0) is 6.61 Å². The Kier molecular flexibility index (Phi) is 5.95. The van der Waals surface area contributed by atoms with Gasteiger partial charge in [0.25, 0.3) is 0 Å². The molecule has 2 aromatic carbocycles. The van der Waals surface area contributed by atoms with E-state index in [2.05, 4.69) is 16.4 Å². The van der Waals surface area contributed by atoms with Crippen LogP contribution in [-0.4, -0.2) is 18.1 Å². The molecule has 0 aliphatic carbocycles. The van der Waals surface area contributed by atoms with Crippen LogP contribution in [0, 0.1) is 25.2 Å². The van der Waals surface area contributed by atoms with Crippen LogP contribution < -0.4 is 14.8 Å². The van der Waals surface area contributed by atoms with Gasteiger partial charge in [0.1, 0.15) is 24.2 Å². The van der Waals surface area contributed by atoms with Gasteiger partial charge in [-0.15, -0.1) is 0 Å². The summed E-state index contributed by atoms with van der Waals surface area (Å²) >= 11 is 0. The smallest absolute Gasteiger partial charge is 0.236 e. The first kappa shape index (κ1) is 18.3. The number of hydrogen-bond donors (Lipinski definition) is 1. The van der Waals surface area contributed by atoms with Gasteiger partial charge in [0, 0.05) is 0 Å². The summed E-state index contributed by atoms with van der Waals surface area (Å²) in [5.74, 6) is 2.21. The van der Waals surface area contributed by atoms with E-state index in [0.717, 1.165) is 22.6 Å². The summed E-state index contributed by atoms with van der Waals surface area (Å²) < 4.78 is 17.0. The molecule has 0 radical (unpaired) electrons. The predicted molar refractivity (Wildman–Crippen MR) is 102 cm³/mol. The lowest BCUT2D eigenvalue weighted by Gasteiger charge is -2.07. The van der Waals surface area contributed by atoms with E-state index in [4.69, 9.17) is 13.9 Å². The fraction of sp³-hybridized carbons (Fsp3) is 0.238. The van der Waals surface area contributed by atoms with Crippen molar-refractivity contribution in [2.45, 2.75) is 20.5 Å². The van der Waals surface area contributed by atoms with Gasteiger partial charge in [0.2, 0.25) is 17.5 Å². The summed E-state index contributed by atoms with van der Waals surface area (Å²) in [6.07, 6.45) is 0. The van der Waals surface area contributed by atoms with E-state index >= 15 is 0 Å². The molecule has 0 spiro atoms. The molecule has 1 heterocycles. The molecular formula is C21H21N3O3. The van der Waals surface area contributed by atoms with Gasteiger partial charge >= 0.3 is 0 Å². The number of benzene rings is 2. The molecule has 0 amide bonds. The zero-order valence-corrected chi connectivity index (χ0v) is 15.4. The second-order valence-electron chi connectivity index (χ2n) is 6.10. The lowest BCUT2D eigenvalue weighted by molar-refractivity contribution is 0.264. The summed E-state index contributed by atoms with van der Waals surface area (Å²) in [5, 5.41) is 12.3. The van der Waals surface area contributed by atoms with Crippen LogP contribution in [0.1, 0.15) is 22.7 Å². The second-order valence-corrected chi connectivity index (χ2v) is 6.10. The number of rotatable bonds is 8. The average Bonchev–Trinajstić information content (AvgIpc) is 3.06. The Hall–Kier alpha value is -3.46. The molecule has 6 nitrogen and oxygen atoms in total. The number of ether oxygens (including phenoxy) is 2. The molecule has 1 N–H and O–H groups in total. The highest BCUT2D eigenvalue weighted by atomic mass is 16.5. The molecule has 3 rings (SSSR count). The summed E-state index contributed by atoms with van der Waals surface area (Å²) in [4.78, 5) is 4.17. The van der Waals surface area contributed by atoms with E-state index in [1.54, 1.807) is 0 Å². The summed E-state index contributed by atoms with van der Waals surface area (Å²) in [6.45, 7) is 5.09. The fourth-order valence-corrected chi connectivity index (χ4v) is 2.63. The molecule has 0 bridgehead atoms. The lowest BCUT2D eigenvalue weighted by atomic mass is 10.1. The van der Waals surface area contributed by atoms with E-state index in [0.29, 0.717) is 24.9 Å². The van der Waals surface area contributed by atoms with Crippen molar-refractivity contribution in [3.05, 3.63) is 71.2 Å². The van der Waals surface area contributed by atoms with Crippen LogP contribution in [0.2, 0.25) is 0 Å². The van der Waals surface area contributed by atoms with Gasteiger partial charge < -0.3 is 19.2 Å². The Labute approximate surface area is 158 Å². The van der Waals surface area contributed by atoms with Crippen molar-refractivity contribution < 1.29 is 13.9 Å². The van der Waals surface area contributed by atoms with Crippen molar-refractivity contribution >= 4 is 5.88 Å². The molecule has 0 aliphatic heterocycles. The summed E-state index contributed by atoms with van der Waals surface area (Å²) in [6, 6.07) is 17.5. The number of oxazole rings is 1. The number of nitriles is 1. The highest BCUT2D eigenvalue weighted by Crippen LogP contribution is 2.20. The summed E-state index contributed by atoms with van der Waals surface area (Å²) in [7, 11) is 0. The van der Waals surface area contributed by atoms with Crippen LogP contribution in [0.25, 0.3) is 0 Å². The molecule has 1 aromatic heterocycles. The standard InChI is InChI=1S/C21H21N3O3/c1-15-10-16(2)12-18(11-15)26-14-20-24-19(13-22)21(27-20)23-8-9-25-17-6-4-3-5-7-17/h3-7,10-12,23H,8-9,14H2,1-2H3. The molecule has 0 fully saturated rings. The minimum absolute atomic E-state index is 0.153. The van der Waals surface area contributed by atoms with Gasteiger partial charge in [0.15, 0.2) is 6.61 Å². The topological polar surface area (TPSA) is 80.3 Å². The Balaban J connectivity index is 1.54. The van der Waals surface area contributed by atoms with Crippen LogP contribution >= 0.6 is 0 Å². The van der Waals surface area contributed by atoms with Crippen molar-refractivity contribution in [1.29, 1.82) is 5.26 Å². The molecule has 3 aromatic rings. The van der Waals surface area contributed by atoms with Gasteiger partial charge in [-0.3, -0.25) is 0 Å². The maximum absolute atomic E-state index is 9.24. The lowest BCUT2D eigenvalue weighted by Crippen LogP contribution is -2.11. The largest absolute Gasteiger partial charge is 0.492 e. The highest BCUT2D eigenvalue weighted by molar-refractivity contribution is 5.45. The molecule has 27 heavy (non-hydrogen) atoms. The van der Waals surface area contributed by atoms with Crippen LogP contribution in [0.4, 0.5) is 5.88 Å². The third-order valence-corrected chi connectivity index (χ3v) is 3.73. The molecule has 0 aliphatic rings. The number of nitrogens with one attached hydrogen (secondary N) is 1. The van der Waals surface area contributed by atoms with Gasteiger partial charge in [-0.25, -0.2) is 0 Å². The van der Waals surface area contributed by atoms with Crippen LogP contribution in [0.15, 0.2) is 52.9 Å². The van der Waals surface area contributed by atoms with Gasteiger partial charge in [-0.05, 0) is 49.2 Å². The van der Waals surface area contributed by atoms with Crippen LogP contribution in [0.5, 0.6) is 11.5 Å². The molecular weight excluding hydrogens is 342 g/mol. The quantitative estimate of drug-likeness (QED) is 0.603. The Bertz CT molecular complexity index is 909. The first-order chi connectivity index (χ1) is 13.1. The summed E-state index contributed by atoms with van der Waals surface area (Å²) in [5.41, 5.74) is 2.44. The normalized spacial score (nSPS) is 10.3. The highest BCUT2D eigenvalue weighted by Gasteiger charge is 2.13. The number of hydrogen-bond acceptors (Lipinski definition) is 6. The molecule has 138 valence electrons. The van der Waals surface area contributed by atoms with Crippen molar-refractivity contribution in [1.82, 2.24) is 4.98 Å². The second kappa shape index (κ2) is 8.77. The van der Waals surface area contributed by atoms with Gasteiger partial charge in [0.05, 0.1) is 6.54 Å². The van der Waals surface area contributed by atoms with Crippen molar-refractivity contribution in [3.8, 4) is 17.6 Å². The Morgan fingerprint density at radius 2 is 1.78 bits per heavy atom. The average molecular weight is 363 g/mol. The van der Waals surface area contributed by atoms with E-state index in [-0.39, 0.29) is 12.3 Å². The minimum atomic E-state index is 0.153. The first-order valence-corrected chi connectivity index (χ1v) is 8.66. The SMILES string of the molecule is Cc1cc(C)cc(OCc2nc(C#N)c(NCCOc3ccccc3)o2)c1. The number of aryl methyl sites for hydroxylation is 2. The van der Waals surface area contributed by atoms with Crippen molar-refractivity contribution in [2.75, 3.05) is 18.5 Å². The number of nitrogens with zero attached hydrogens (tertiary/aromatic N) is 2. The third kappa shape index (κ3) is 5.25. The number of anilines is 1. The maximum atomic E-state index is 9.24. The van der Waals surface area contributed by atoms with Gasteiger partial charge in [-0.2, -0.15) is 10.2 Å². The fourth-order valence-electron chi connectivity index (χ4n) is 2.63. The van der Waals surface area contributed by atoms with E-state index in [9.17, 15) is 5.26 Å². The van der Waals surface area contributed by atoms with E-state index in [1.807, 2.05) is 62.4 Å². The van der Waals surface area contributed by atoms with Crippen LogP contribution in [0.3, 0.4) is 0 Å². The zero-order valence-electron chi connectivity index (χ0n) is 15.4. The third-order valence-electron chi connectivity index (χ3n) is 3.73. The maximum Gasteiger partial charge on any atom is 0.236 e. The molecule has 0 saturated heterocycles. The monoisotopic (exact) mass is 363 g/mol. The zero-order chi connectivity index (χ0) is 19.1. The number of aromatic nitrogens is 1. The van der Waals surface area contributed by atoms with Crippen molar-refractivity contribution in [2.24, 2.45) is 0 Å². The first-order valence-electron chi connectivity index (χ1n) is 8.66.